The molecular formula is C23H32N4O5S. The molecule has 9 nitrogen and oxygen atoms in total. The third-order valence-electron chi connectivity index (χ3n) is 4.80. The van der Waals surface area contributed by atoms with Gasteiger partial charge in [0.25, 0.3) is 11.1 Å². The number of alkyl carbamates (subject to hydrolysis) is 1. The monoisotopic (exact) mass is 476 g/mol. The molecule has 0 bridgehead atoms. The van der Waals surface area contributed by atoms with Crippen LogP contribution in [0, 0.1) is 5.92 Å². The van der Waals surface area contributed by atoms with Gasteiger partial charge in [-0.2, -0.15) is 0 Å². The second kappa shape index (κ2) is 13.6. The number of aromatic nitrogens is 2. The quantitative estimate of drug-likeness (QED) is 0.329. The second-order valence-electron chi connectivity index (χ2n) is 8.03. The third-order valence-corrected chi connectivity index (χ3v) is 5.31. The standard InChI is InChI=1S/C23H32N4O5S/c1-5-6-12-17(19(28)21-26-27-23(32-21)33-4)24-20(29)18(13-15(2)3)25-22(30)31-14-16-10-8-7-9-11-16/h7-11,15,17-18H,5-6,12-14H2,1-4H3,(H,24,29)(H,25,30)/t17-,18-/m0/s1. The van der Waals surface area contributed by atoms with Gasteiger partial charge in [0.15, 0.2) is 0 Å². The number of hydrogen-bond donors (Lipinski definition) is 2. The zero-order valence-electron chi connectivity index (χ0n) is 19.5. The zero-order chi connectivity index (χ0) is 24.2. The number of ketones is 1. The number of unbranched alkanes of at least 4 members (excludes halogenated alkanes) is 1. The Hall–Kier alpha value is -2.88. The highest BCUT2D eigenvalue weighted by Gasteiger charge is 2.30. The summed E-state index contributed by atoms with van der Waals surface area (Å²) in [7, 11) is 0. The maximum Gasteiger partial charge on any atom is 0.408 e. The number of thioether (sulfide) groups is 1. The SMILES string of the molecule is CCCC[C@H](NC(=O)[C@H](CC(C)C)NC(=O)OCc1ccccc1)C(=O)c1nnc(SC)o1. The first kappa shape index (κ1) is 26.4. The largest absolute Gasteiger partial charge is 0.445 e. The van der Waals surface area contributed by atoms with Gasteiger partial charge < -0.3 is 19.8 Å². The molecule has 10 heteroatoms. The maximum absolute atomic E-state index is 13.1. The lowest BCUT2D eigenvalue weighted by molar-refractivity contribution is -0.124. The minimum absolute atomic E-state index is 0.0925. The van der Waals surface area contributed by atoms with E-state index in [0.29, 0.717) is 12.8 Å². The zero-order valence-corrected chi connectivity index (χ0v) is 20.3. The Labute approximate surface area is 198 Å². The van der Waals surface area contributed by atoms with E-state index in [0.717, 1.165) is 18.4 Å². The van der Waals surface area contributed by atoms with Gasteiger partial charge in [0.2, 0.25) is 11.7 Å². The van der Waals surface area contributed by atoms with Crippen molar-refractivity contribution in [2.75, 3.05) is 6.26 Å². The van der Waals surface area contributed by atoms with Gasteiger partial charge >= 0.3 is 6.09 Å². The number of carbonyl (C=O) groups excluding carboxylic acids is 3. The highest BCUT2D eigenvalue weighted by molar-refractivity contribution is 7.98. The van der Waals surface area contributed by atoms with Gasteiger partial charge in [-0.05, 0) is 30.6 Å². The number of nitrogens with zero attached hydrogens (tertiary/aromatic N) is 2. The molecule has 1 aromatic carbocycles. The molecule has 0 unspecified atom stereocenters. The van der Waals surface area contributed by atoms with Crippen molar-refractivity contribution in [3.63, 3.8) is 0 Å². The molecule has 2 rings (SSSR count). The van der Waals surface area contributed by atoms with E-state index in [9.17, 15) is 14.4 Å². The molecule has 0 radical (unpaired) electrons. The molecule has 33 heavy (non-hydrogen) atoms. The first-order chi connectivity index (χ1) is 15.8. The fraction of sp³-hybridized carbons (Fsp3) is 0.522. The average molecular weight is 477 g/mol. The lowest BCUT2D eigenvalue weighted by atomic mass is 10.0. The van der Waals surface area contributed by atoms with E-state index in [1.54, 1.807) is 6.26 Å². The first-order valence-electron chi connectivity index (χ1n) is 11.0. The summed E-state index contributed by atoms with van der Waals surface area (Å²) in [4.78, 5) is 38.3. The summed E-state index contributed by atoms with van der Waals surface area (Å²) in [5.74, 6) is -0.921. The molecule has 0 aliphatic rings. The number of Topliss-reactive ketones (excluding diaryl/α,β-unsaturated/α-hetero) is 1. The predicted molar refractivity (Wildman–Crippen MR) is 125 cm³/mol. The van der Waals surface area contributed by atoms with Crippen molar-refractivity contribution in [3.8, 4) is 0 Å². The van der Waals surface area contributed by atoms with E-state index < -0.39 is 29.9 Å². The smallest absolute Gasteiger partial charge is 0.408 e. The number of carbonyl (C=O) groups is 3. The average Bonchev–Trinajstić information content (AvgIpc) is 3.29. The van der Waals surface area contributed by atoms with Crippen LogP contribution in [0.2, 0.25) is 0 Å². The summed E-state index contributed by atoms with van der Waals surface area (Å²) in [5, 5.41) is 13.3. The number of benzene rings is 1. The number of nitrogens with one attached hydrogen (secondary N) is 2. The number of amides is 2. The molecule has 0 aliphatic heterocycles. The fourth-order valence-corrected chi connectivity index (χ4v) is 3.38. The normalized spacial score (nSPS) is 12.8. The van der Waals surface area contributed by atoms with Gasteiger partial charge in [0, 0.05) is 0 Å². The van der Waals surface area contributed by atoms with Crippen LogP contribution >= 0.6 is 11.8 Å². The lowest BCUT2D eigenvalue weighted by Crippen LogP contribution is -2.52. The van der Waals surface area contributed by atoms with Gasteiger partial charge in [-0.15, -0.1) is 10.2 Å². The van der Waals surface area contributed by atoms with Crippen LogP contribution in [0.25, 0.3) is 0 Å². The Morgan fingerprint density at radius 1 is 1.09 bits per heavy atom. The highest BCUT2D eigenvalue weighted by Crippen LogP contribution is 2.15. The molecule has 2 aromatic rings. The summed E-state index contributed by atoms with van der Waals surface area (Å²) < 4.78 is 10.6. The Kier molecular flexibility index (Phi) is 10.9. The van der Waals surface area contributed by atoms with Crippen molar-refractivity contribution in [2.45, 2.75) is 70.4 Å². The van der Waals surface area contributed by atoms with Crippen LogP contribution in [-0.2, 0) is 16.1 Å². The maximum atomic E-state index is 13.1. The van der Waals surface area contributed by atoms with Gasteiger partial charge in [0.1, 0.15) is 12.6 Å². The third kappa shape index (κ3) is 8.88. The van der Waals surface area contributed by atoms with Crippen molar-refractivity contribution in [3.05, 3.63) is 41.8 Å². The molecule has 2 amide bonds. The van der Waals surface area contributed by atoms with Crippen molar-refractivity contribution in [1.82, 2.24) is 20.8 Å². The van der Waals surface area contributed by atoms with Gasteiger partial charge in [-0.3, -0.25) is 9.59 Å². The van der Waals surface area contributed by atoms with Gasteiger partial charge in [0.05, 0.1) is 6.04 Å². The van der Waals surface area contributed by atoms with Crippen molar-refractivity contribution >= 4 is 29.5 Å². The van der Waals surface area contributed by atoms with E-state index in [2.05, 4.69) is 20.8 Å². The lowest BCUT2D eigenvalue weighted by Gasteiger charge is -2.23. The molecule has 1 heterocycles. The predicted octanol–water partition coefficient (Wildman–Crippen LogP) is 3.99. The van der Waals surface area contributed by atoms with Crippen molar-refractivity contribution < 1.29 is 23.5 Å². The van der Waals surface area contributed by atoms with Crippen LogP contribution in [0.4, 0.5) is 4.79 Å². The molecule has 0 fully saturated rings. The van der Waals surface area contributed by atoms with Crippen molar-refractivity contribution in [1.29, 1.82) is 0 Å². The van der Waals surface area contributed by atoms with Crippen LogP contribution in [-0.4, -0.2) is 46.3 Å². The van der Waals surface area contributed by atoms with E-state index in [-0.39, 0.29) is 23.6 Å². The summed E-state index contributed by atoms with van der Waals surface area (Å²) >= 11 is 1.23. The molecule has 0 spiro atoms. The van der Waals surface area contributed by atoms with Gasteiger partial charge in [-0.25, -0.2) is 4.79 Å². The van der Waals surface area contributed by atoms with Crippen LogP contribution in [0.15, 0.2) is 40.0 Å². The summed E-state index contributed by atoms with van der Waals surface area (Å²) in [6, 6.07) is 7.58. The highest BCUT2D eigenvalue weighted by atomic mass is 32.2. The van der Waals surface area contributed by atoms with Crippen LogP contribution in [0.3, 0.4) is 0 Å². The Morgan fingerprint density at radius 2 is 1.82 bits per heavy atom. The van der Waals surface area contributed by atoms with E-state index >= 15 is 0 Å². The fourth-order valence-electron chi connectivity index (χ4n) is 3.10. The topological polar surface area (TPSA) is 123 Å². The van der Waals surface area contributed by atoms with E-state index in [4.69, 9.17) is 9.15 Å². The summed E-state index contributed by atoms with van der Waals surface area (Å²) in [6.45, 7) is 5.97. The van der Waals surface area contributed by atoms with E-state index in [1.165, 1.54) is 11.8 Å². The Balaban J connectivity index is 2.05. The molecule has 0 saturated heterocycles. The number of hydrogen-bond acceptors (Lipinski definition) is 8. The van der Waals surface area contributed by atoms with Crippen LogP contribution in [0.5, 0.6) is 0 Å². The minimum atomic E-state index is -0.852. The second-order valence-corrected chi connectivity index (χ2v) is 8.79. The summed E-state index contributed by atoms with van der Waals surface area (Å²) in [6.07, 6.45) is 3.44. The molecule has 180 valence electrons. The molecular weight excluding hydrogens is 444 g/mol. The van der Waals surface area contributed by atoms with Crippen LogP contribution in [0.1, 0.15) is 62.7 Å². The molecule has 2 N–H and O–H groups in total. The summed E-state index contributed by atoms with van der Waals surface area (Å²) in [5.41, 5.74) is 0.840. The van der Waals surface area contributed by atoms with Crippen molar-refractivity contribution in [2.24, 2.45) is 5.92 Å². The van der Waals surface area contributed by atoms with E-state index in [1.807, 2.05) is 51.1 Å². The number of ether oxygens (including phenoxy) is 1. The molecule has 1 aromatic heterocycles. The first-order valence-corrected chi connectivity index (χ1v) is 12.3. The van der Waals surface area contributed by atoms with Gasteiger partial charge in [-0.1, -0.05) is 75.7 Å². The molecule has 0 saturated carbocycles. The minimum Gasteiger partial charge on any atom is -0.445 e. The molecule has 0 aliphatic carbocycles. The Bertz CT molecular complexity index is 903. The molecule has 2 atom stereocenters. The van der Waals surface area contributed by atoms with Crippen LogP contribution < -0.4 is 10.6 Å². The Morgan fingerprint density at radius 3 is 2.42 bits per heavy atom. The number of rotatable bonds is 13.